The zero-order chi connectivity index (χ0) is 14.0. The fourth-order valence-electron chi connectivity index (χ4n) is 2.29. The molecular weight excluding hydrogens is 278 g/mol. The van der Waals surface area contributed by atoms with E-state index in [9.17, 15) is 9.90 Å². The molecule has 1 aromatic rings. The highest BCUT2D eigenvalue weighted by Gasteiger charge is 2.36. The van der Waals surface area contributed by atoms with Gasteiger partial charge in [0, 0.05) is 12.5 Å². The standard InChI is InChI=1S/C15H21NO3.ClH/c1-15(2,3)19-14(18)16-9-12(13(17)10-16)11-7-5-4-6-8-11;/h4-8,12-13,17H,9-10H2,1-3H3;1H/t12-,13+;/m1./s1. The number of ether oxygens (including phenoxy) is 1. The summed E-state index contributed by atoms with van der Waals surface area (Å²) >= 11 is 0. The highest BCUT2D eigenvalue weighted by Crippen LogP contribution is 2.28. The second kappa shape index (κ2) is 6.46. The first-order valence-corrected chi connectivity index (χ1v) is 6.58. The summed E-state index contributed by atoms with van der Waals surface area (Å²) in [5, 5.41) is 10.1. The lowest BCUT2D eigenvalue weighted by Crippen LogP contribution is -2.35. The van der Waals surface area contributed by atoms with Gasteiger partial charge in [0.05, 0.1) is 12.6 Å². The van der Waals surface area contributed by atoms with E-state index in [2.05, 4.69) is 0 Å². The maximum atomic E-state index is 12.0. The molecule has 0 saturated carbocycles. The van der Waals surface area contributed by atoms with Gasteiger partial charge in [-0.25, -0.2) is 4.79 Å². The number of aliphatic hydroxyl groups excluding tert-OH is 1. The van der Waals surface area contributed by atoms with Crippen molar-refractivity contribution in [3.05, 3.63) is 35.9 Å². The maximum Gasteiger partial charge on any atom is 0.410 e. The van der Waals surface area contributed by atoms with E-state index in [1.165, 1.54) is 0 Å². The average Bonchev–Trinajstić information content (AvgIpc) is 2.70. The summed E-state index contributed by atoms with van der Waals surface area (Å²) in [5.41, 5.74) is 0.549. The van der Waals surface area contributed by atoms with Crippen LogP contribution in [0, 0.1) is 0 Å². The number of amides is 1. The second-order valence-corrected chi connectivity index (χ2v) is 5.97. The van der Waals surface area contributed by atoms with Gasteiger partial charge in [0.1, 0.15) is 5.60 Å². The number of hydrogen-bond acceptors (Lipinski definition) is 3. The monoisotopic (exact) mass is 299 g/mol. The van der Waals surface area contributed by atoms with Crippen LogP contribution in [0.5, 0.6) is 0 Å². The lowest BCUT2D eigenvalue weighted by atomic mass is 9.96. The van der Waals surface area contributed by atoms with Gasteiger partial charge in [-0.3, -0.25) is 0 Å². The lowest BCUT2D eigenvalue weighted by Gasteiger charge is -2.24. The molecule has 0 unspecified atom stereocenters. The number of hydrogen-bond donors (Lipinski definition) is 1. The number of carbonyl (C=O) groups excluding carboxylic acids is 1. The van der Waals surface area contributed by atoms with Gasteiger partial charge in [-0.2, -0.15) is 0 Å². The molecule has 1 N–H and O–H groups in total. The fourth-order valence-corrected chi connectivity index (χ4v) is 2.29. The minimum Gasteiger partial charge on any atom is -0.444 e. The number of β-amino-alcohol motifs (C(OH)–C–C–N with tert-alkyl or cyclic N) is 1. The molecular formula is C15H22ClNO3. The lowest BCUT2D eigenvalue weighted by molar-refractivity contribution is 0.0270. The first-order chi connectivity index (χ1) is 8.87. The Balaban J connectivity index is 0.00000200. The molecule has 5 heteroatoms. The van der Waals surface area contributed by atoms with Gasteiger partial charge in [-0.15, -0.1) is 12.4 Å². The van der Waals surface area contributed by atoms with E-state index >= 15 is 0 Å². The van der Waals surface area contributed by atoms with Crippen molar-refractivity contribution >= 4 is 18.5 Å². The molecule has 1 aliphatic heterocycles. The topological polar surface area (TPSA) is 49.8 Å². The van der Waals surface area contributed by atoms with Crippen molar-refractivity contribution in [1.82, 2.24) is 4.90 Å². The minimum atomic E-state index is -0.532. The van der Waals surface area contributed by atoms with E-state index in [0.29, 0.717) is 13.1 Å². The Morgan fingerprint density at radius 3 is 2.40 bits per heavy atom. The van der Waals surface area contributed by atoms with Crippen molar-refractivity contribution in [2.45, 2.75) is 38.4 Å². The molecule has 1 fully saturated rings. The third-order valence-electron chi connectivity index (χ3n) is 3.17. The van der Waals surface area contributed by atoms with Crippen LogP contribution in [0.4, 0.5) is 4.79 Å². The van der Waals surface area contributed by atoms with Crippen LogP contribution in [0.15, 0.2) is 30.3 Å². The van der Waals surface area contributed by atoms with Crippen LogP contribution in [0.1, 0.15) is 32.3 Å². The van der Waals surface area contributed by atoms with Gasteiger partial charge in [-0.05, 0) is 26.3 Å². The quantitative estimate of drug-likeness (QED) is 0.867. The Morgan fingerprint density at radius 1 is 1.25 bits per heavy atom. The van der Waals surface area contributed by atoms with Crippen LogP contribution < -0.4 is 0 Å². The summed E-state index contributed by atoms with van der Waals surface area (Å²) in [6.45, 7) is 6.35. The molecule has 4 nitrogen and oxygen atoms in total. The first kappa shape index (κ1) is 16.8. The van der Waals surface area contributed by atoms with Crippen molar-refractivity contribution in [3.63, 3.8) is 0 Å². The summed E-state index contributed by atoms with van der Waals surface area (Å²) in [5.74, 6) is -0.0336. The van der Waals surface area contributed by atoms with Crippen LogP contribution in [-0.4, -0.2) is 40.9 Å². The molecule has 0 radical (unpaired) electrons. The van der Waals surface area contributed by atoms with Crippen molar-refractivity contribution in [3.8, 4) is 0 Å². The van der Waals surface area contributed by atoms with Crippen LogP contribution >= 0.6 is 12.4 Å². The van der Waals surface area contributed by atoms with Crippen LogP contribution in [-0.2, 0) is 4.74 Å². The molecule has 0 spiro atoms. The molecule has 1 aliphatic rings. The van der Waals surface area contributed by atoms with E-state index in [1.807, 2.05) is 51.1 Å². The van der Waals surface area contributed by atoms with Crippen molar-refractivity contribution in [2.75, 3.05) is 13.1 Å². The average molecular weight is 300 g/mol. The van der Waals surface area contributed by atoms with E-state index in [0.717, 1.165) is 5.56 Å². The third-order valence-corrected chi connectivity index (χ3v) is 3.17. The number of benzene rings is 1. The zero-order valence-corrected chi connectivity index (χ0v) is 12.9. The van der Waals surface area contributed by atoms with Gasteiger partial charge < -0.3 is 14.7 Å². The molecule has 0 aliphatic carbocycles. The number of nitrogens with zero attached hydrogens (tertiary/aromatic N) is 1. The van der Waals surface area contributed by atoms with E-state index in [1.54, 1.807) is 4.90 Å². The summed E-state index contributed by atoms with van der Waals surface area (Å²) in [7, 11) is 0. The van der Waals surface area contributed by atoms with Gasteiger partial charge in [0.15, 0.2) is 0 Å². The number of rotatable bonds is 1. The summed E-state index contributed by atoms with van der Waals surface area (Å²) in [6, 6.07) is 9.78. The summed E-state index contributed by atoms with van der Waals surface area (Å²) in [4.78, 5) is 13.6. The predicted octanol–water partition coefficient (Wildman–Crippen LogP) is 2.80. The van der Waals surface area contributed by atoms with E-state index < -0.39 is 11.7 Å². The Kier molecular flexibility index (Phi) is 5.42. The first-order valence-electron chi connectivity index (χ1n) is 6.58. The smallest absolute Gasteiger partial charge is 0.410 e. The molecule has 112 valence electrons. The van der Waals surface area contributed by atoms with E-state index in [-0.39, 0.29) is 24.4 Å². The van der Waals surface area contributed by atoms with Crippen molar-refractivity contribution < 1.29 is 14.6 Å². The molecule has 2 rings (SSSR count). The Morgan fingerprint density at radius 2 is 1.85 bits per heavy atom. The summed E-state index contributed by atoms with van der Waals surface area (Å²) < 4.78 is 5.33. The Labute approximate surface area is 126 Å². The number of carbonyl (C=O) groups is 1. The highest BCUT2D eigenvalue weighted by atomic mass is 35.5. The number of aliphatic hydroxyl groups is 1. The van der Waals surface area contributed by atoms with Crippen LogP contribution in [0.3, 0.4) is 0 Å². The molecule has 20 heavy (non-hydrogen) atoms. The molecule has 1 heterocycles. The van der Waals surface area contributed by atoms with Crippen LogP contribution in [0.25, 0.3) is 0 Å². The fraction of sp³-hybridized carbons (Fsp3) is 0.533. The largest absolute Gasteiger partial charge is 0.444 e. The molecule has 0 bridgehead atoms. The van der Waals surface area contributed by atoms with Gasteiger partial charge in [0.25, 0.3) is 0 Å². The SMILES string of the molecule is CC(C)(C)OC(=O)N1C[C@H](c2ccccc2)[C@@H](O)C1.Cl. The second-order valence-electron chi connectivity index (χ2n) is 5.97. The Hall–Kier alpha value is -1.26. The third kappa shape index (κ3) is 4.12. The Bertz CT molecular complexity index is 444. The van der Waals surface area contributed by atoms with Gasteiger partial charge >= 0.3 is 6.09 Å². The van der Waals surface area contributed by atoms with Gasteiger partial charge in [-0.1, -0.05) is 30.3 Å². The minimum absolute atomic E-state index is 0. The molecule has 0 aromatic heterocycles. The zero-order valence-electron chi connectivity index (χ0n) is 12.1. The molecule has 2 atom stereocenters. The predicted molar refractivity (Wildman–Crippen MR) is 80.2 cm³/mol. The molecule has 1 saturated heterocycles. The summed E-state index contributed by atoms with van der Waals surface area (Å²) in [6.07, 6.45) is -0.889. The highest BCUT2D eigenvalue weighted by molar-refractivity contribution is 5.85. The van der Waals surface area contributed by atoms with E-state index in [4.69, 9.17) is 4.74 Å². The number of halogens is 1. The number of likely N-dealkylation sites (tertiary alicyclic amines) is 1. The molecule has 1 amide bonds. The van der Waals surface area contributed by atoms with Gasteiger partial charge in [0.2, 0.25) is 0 Å². The van der Waals surface area contributed by atoms with Crippen molar-refractivity contribution in [2.24, 2.45) is 0 Å². The maximum absolute atomic E-state index is 12.0. The molecule has 1 aromatic carbocycles. The van der Waals surface area contributed by atoms with Crippen LogP contribution in [0.2, 0.25) is 0 Å². The normalized spacial score (nSPS) is 22.3. The van der Waals surface area contributed by atoms with Crippen molar-refractivity contribution in [1.29, 1.82) is 0 Å².